The quantitative estimate of drug-likeness (QED) is 0.647. The lowest BCUT2D eigenvalue weighted by atomic mass is 10.4. The van der Waals surface area contributed by atoms with Gasteiger partial charge in [-0.2, -0.15) is 5.26 Å². The van der Waals surface area contributed by atoms with Gasteiger partial charge in [-0.25, -0.2) is 0 Å². The number of thiophene rings is 1. The van der Waals surface area contributed by atoms with Crippen LogP contribution in [0.3, 0.4) is 0 Å². The van der Waals surface area contributed by atoms with Crippen molar-refractivity contribution in [3.05, 3.63) is 28.0 Å². The predicted molar refractivity (Wildman–Crippen MR) is 48.8 cm³/mol. The highest BCUT2D eigenvalue weighted by Gasteiger charge is 1.93. The third-order valence-corrected chi connectivity index (χ3v) is 2.24. The molecule has 0 amide bonds. The van der Waals surface area contributed by atoms with Gasteiger partial charge in [-0.3, -0.25) is 0 Å². The van der Waals surface area contributed by atoms with Gasteiger partial charge in [0.25, 0.3) is 0 Å². The van der Waals surface area contributed by atoms with E-state index in [1.54, 1.807) is 6.07 Å². The predicted octanol–water partition coefficient (Wildman–Crippen LogP) is 2.87. The minimum absolute atomic E-state index is 0.514. The first-order chi connectivity index (χ1) is 5.36. The fourth-order valence-electron chi connectivity index (χ4n) is 0.663. The van der Waals surface area contributed by atoms with Gasteiger partial charge in [0, 0.05) is 10.8 Å². The van der Waals surface area contributed by atoms with Crippen molar-refractivity contribution in [1.29, 1.82) is 5.26 Å². The van der Waals surface area contributed by atoms with Crippen LogP contribution in [0.15, 0.2) is 18.2 Å². The minimum atomic E-state index is 0.514. The Morgan fingerprint density at radius 2 is 2.45 bits per heavy atom. The fourth-order valence-corrected chi connectivity index (χ4v) is 1.49. The highest BCUT2D eigenvalue weighted by molar-refractivity contribution is 7.13. The molecule has 1 rings (SSSR count). The lowest BCUT2D eigenvalue weighted by Gasteiger charge is -1.78. The van der Waals surface area contributed by atoms with E-state index in [-0.39, 0.29) is 0 Å². The molecule has 0 saturated heterocycles. The lowest BCUT2D eigenvalue weighted by Crippen LogP contribution is -1.58. The van der Waals surface area contributed by atoms with Crippen molar-refractivity contribution in [2.45, 2.75) is 0 Å². The van der Waals surface area contributed by atoms with Crippen molar-refractivity contribution in [2.75, 3.05) is 5.88 Å². The van der Waals surface area contributed by atoms with Crippen LogP contribution in [-0.4, -0.2) is 5.88 Å². The zero-order valence-corrected chi connectivity index (χ0v) is 7.32. The summed E-state index contributed by atoms with van der Waals surface area (Å²) in [5.74, 6) is 0.514. The normalized spacial score (nSPS) is 10.2. The van der Waals surface area contributed by atoms with E-state index < -0.39 is 0 Å². The van der Waals surface area contributed by atoms with E-state index in [1.165, 1.54) is 11.3 Å². The molecule has 11 heavy (non-hydrogen) atoms. The van der Waals surface area contributed by atoms with Crippen LogP contribution in [0, 0.1) is 11.3 Å². The molecule has 0 saturated carbocycles. The number of alkyl halides is 1. The average Bonchev–Trinajstić information content (AvgIpc) is 2.48. The van der Waals surface area contributed by atoms with Crippen LogP contribution in [0.1, 0.15) is 9.75 Å². The number of nitriles is 1. The Hall–Kier alpha value is -0.780. The molecule has 0 atom stereocenters. The molecule has 0 aromatic carbocycles. The van der Waals surface area contributed by atoms with Gasteiger partial charge in [-0.05, 0) is 18.2 Å². The van der Waals surface area contributed by atoms with Gasteiger partial charge < -0.3 is 0 Å². The van der Waals surface area contributed by atoms with E-state index in [9.17, 15) is 0 Å². The maximum atomic E-state index is 8.49. The Morgan fingerprint density at radius 3 is 3.00 bits per heavy atom. The first-order valence-electron chi connectivity index (χ1n) is 3.09. The third kappa shape index (κ3) is 2.38. The maximum absolute atomic E-state index is 8.49. The molecule has 0 radical (unpaired) electrons. The molecule has 0 N–H and O–H groups in total. The zero-order valence-electron chi connectivity index (χ0n) is 5.75. The highest BCUT2D eigenvalue weighted by atomic mass is 35.5. The molecule has 0 spiro atoms. The van der Waals surface area contributed by atoms with Crippen LogP contribution in [0.4, 0.5) is 0 Å². The number of halogens is 1. The summed E-state index contributed by atoms with van der Waals surface area (Å²) in [7, 11) is 0. The van der Waals surface area contributed by atoms with Crippen molar-refractivity contribution in [3.8, 4) is 6.07 Å². The smallest absolute Gasteiger partial charge is 0.110 e. The molecule has 0 unspecified atom stereocenters. The summed E-state index contributed by atoms with van der Waals surface area (Å²) in [6.07, 6.45) is 3.77. The third-order valence-electron chi connectivity index (χ3n) is 1.11. The molecule has 0 aliphatic carbocycles. The molecule has 0 aliphatic rings. The van der Waals surface area contributed by atoms with Gasteiger partial charge >= 0.3 is 0 Å². The van der Waals surface area contributed by atoms with E-state index in [4.69, 9.17) is 16.9 Å². The monoisotopic (exact) mass is 183 g/mol. The molecule has 1 aromatic heterocycles. The summed E-state index contributed by atoms with van der Waals surface area (Å²) in [6, 6.07) is 5.79. The largest absolute Gasteiger partial charge is 0.192 e. The van der Waals surface area contributed by atoms with Crippen LogP contribution in [0.25, 0.3) is 6.08 Å². The lowest BCUT2D eigenvalue weighted by molar-refractivity contribution is 1.52. The molecule has 1 heterocycles. The Morgan fingerprint density at radius 1 is 1.64 bits per heavy atom. The topological polar surface area (TPSA) is 23.8 Å². The number of hydrogen-bond acceptors (Lipinski definition) is 2. The molecule has 1 aromatic rings. The SMILES string of the molecule is N#Cc1ccc(C=CCCl)s1. The van der Waals surface area contributed by atoms with Gasteiger partial charge in [-0.1, -0.05) is 6.08 Å². The van der Waals surface area contributed by atoms with Crippen molar-refractivity contribution >= 4 is 29.0 Å². The second-order valence-electron chi connectivity index (χ2n) is 1.87. The van der Waals surface area contributed by atoms with E-state index in [0.29, 0.717) is 5.88 Å². The van der Waals surface area contributed by atoms with Gasteiger partial charge in [0.05, 0.1) is 0 Å². The molecule has 0 bridgehead atoms. The van der Waals surface area contributed by atoms with Crippen molar-refractivity contribution in [1.82, 2.24) is 0 Å². The second kappa shape index (κ2) is 4.17. The Labute approximate surface area is 74.5 Å². The summed E-state index contributed by atoms with van der Waals surface area (Å²) in [5.41, 5.74) is 0. The van der Waals surface area contributed by atoms with Gasteiger partial charge in [0.1, 0.15) is 10.9 Å². The number of nitrogens with zero attached hydrogens (tertiary/aromatic N) is 1. The number of allylic oxidation sites excluding steroid dienone is 1. The molecule has 3 heteroatoms. The van der Waals surface area contributed by atoms with Gasteiger partial charge in [0.15, 0.2) is 0 Å². The molecule has 56 valence electrons. The maximum Gasteiger partial charge on any atom is 0.110 e. The van der Waals surface area contributed by atoms with Gasteiger partial charge in [-0.15, -0.1) is 22.9 Å². The number of rotatable bonds is 2. The minimum Gasteiger partial charge on any atom is -0.192 e. The van der Waals surface area contributed by atoms with Crippen molar-refractivity contribution in [2.24, 2.45) is 0 Å². The standard InChI is InChI=1S/C8H6ClNS/c9-5-1-2-7-3-4-8(6-10)11-7/h1-4H,5H2. The summed E-state index contributed by atoms with van der Waals surface area (Å²) >= 11 is 6.91. The summed E-state index contributed by atoms with van der Waals surface area (Å²) in [6.45, 7) is 0. The van der Waals surface area contributed by atoms with Crippen molar-refractivity contribution < 1.29 is 0 Å². The molecular weight excluding hydrogens is 178 g/mol. The van der Waals surface area contributed by atoms with Crippen LogP contribution < -0.4 is 0 Å². The van der Waals surface area contributed by atoms with Gasteiger partial charge in [0.2, 0.25) is 0 Å². The van der Waals surface area contributed by atoms with Crippen LogP contribution in [0.2, 0.25) is 0 Å². The average molecular weight is 184 g/mol. The first kappa shape index (κ1) is 8.32. The molecule has 0 fully saturated rings. The summed E-state index contributed by atoms with van der Waals surface area (Å²) in [4.78, 5) is 1.81. The van der Waals surface area contributed by atoms with Crippen molar-refractivity contribution in [3.63, 3.8) is 0 Å². The Balaban J connectivity index is 2.75. The highest BCUT2D eigenvalue weighted by Crippen LogP contribution is 2.16. The van der Waals surface area contributed by atoms with E-state index in [0.717, 1.165) is 9.75 Å². The van der Waals surface area contributed by atoms with E-state index in [1.807, 2.05) is 18.2 Å². The molecular formula is C8H6ClNS. The van der Waals surface area contributed by atoms with E-state index in [2.05, 4.69) is 6.07 Å². The second-order valence-corrected chi connectivity index (χ2v) is 3.29. The van der Waals surface area contributed by atoms with Crippen LogP contribution in [-0.2, 0) is 0 Å². The first-order valence-corrected chi connectivity index (χ1v) is 4.44. The Bertz CT molecular complexity index is 295. The zero-order chi connectivity index (χ0) is 8.10. The summed E-state index contributed by atoms with van der Waals surface area (Å²) in [5, 5.41) is 8.49. The molecule has 1 nitrogen and oxygen atoms in total. The summed E-state index contributed by atoms with van der Waals surface area (Å²) < 4.78 is 0. The Kier molecular flexibility index (Phi) is 3.15. The van der Waals surface area contributed by atoms with Crippen LogP contribution >= 0.6 is 22.9 Å². The molecule has 0 aliphatic heterocycles. The van der Waals surface area contributed by atoms with E-state index >= 15 is 0 Å². The van der Waals surface area contributed by atoms with Crippen LogP contribution in [0.5, 0.6) is 0 Å². The number of hydrogen-bond donors (Lipinski definition) is 0. The fraction of sp³-hybridized carbons (Fsp3) is 0.125.